The summed E-state index contributed by atoms with van der Waals surface area (Å²) in [5.41, 5.74) is 11.0. The lowest BCUT2D eigenvalue weighted by Gasteiger charge is -2.34. The molecule has 1 heterocycles. The Bertz CT molecular complexity index is 427. The summed E-state index contributed by atoms with van der Waals surface area (Å²) in [7, 11) is 0. The molecule has 2 heteroatoms. The normalized spacial score (nSPS) is 22.3. The molecule has 0 fully saturated rings. The molecule has 0 aromatic carbocycles. The van der Waals surface area contributed by atoms with Gasteiger partial charge in [-0.15, -0.1) is 0 Å². The fourth-order valence-electron chi connectivity index (χ4n) is 3.20. The van der Waals surface area contributed by atoms with E-state index in [1.807, 2.05) is 0 Å². The highest BCUT2D eigenvalue weighted by Crippen LogP contribution is 2.40. The van der Waals surface area contributed by atoms with Gasteiger partial charge in [0.05, 0.1) is 0 Å². The highest BCUT2D eigenvalue weighted by molar-refractivity contribution is 5.34. The summed E-state index contributed by atoms with van der Waals surface area (Å²) >= 11 is 0. The summed E-state index contributed by atoms with van der Waals surface area (Å²) < 4.78 is 2.51. The minimum Gasteiger partial charge on any atom is -0.349 e. The average molecular weight is 248 g/mol. The van der Waals surface area contributed by atoms with Crippen LogP contribution >= 0.6 is 0 Å². The van der Waals surface area contributed by atoms with E-state index < -0.39 is 0 Å². The van der Waals surface area contributed by atoms with Gasteiger partial charge < -0.3 is 10.3 Å². The average Bonchev–Trinajstić information content (AvgIpc) is 2.50. The minimum atomic E-state index is 0.225. The van der Waals surface area contributed by atoms with Gasteiger partial charge in [-0.25, -0.2) is 0 Å². The van der Waals surface area contributed by atoms with Gasteiger partial charge in [0.15, 0.2) is 0 Å². The molecule has 2 nitrogen and oxygen atoms in total. The van der Waals surface area contributed by atoms with Crippen molar-refractivity contribution in [2.24, 2.45) is 17.1 Å². The standard InChI is InChI=1S/C16H28N2/c1-11(2)6-7-18-12(3)8-13-14(17)9-16(4,5)10-15(13)18/h8,11,14H,6-7,9-10,17H2,1-5H3. The Kier molecular flexibility index (Phi) is 3.59. The maximum atomic E-state index is 6.35. The van der Waals surface area contributed by atoms with Crippen LogP contribution in [0.2, 0.25) is 0 Å². The van der Waals surface area contributed by atoms with E-state index in [0.717, 1.165) is 18.9 Å². The van der Waals surface area contributed by atoms with Crippen LogP contribution in [0.4, 0.5) is 0 Å². The Labute approximate surface area is 112 Å². The lowest BCUT2D eigenvalue weighted by molar-refractivity contribution is 0.274. The zero-order chi connectivity index (χ0) is 13.5. The van der Waals surface area contributed by atoms with Gasteiger partial charge in [-0.2, -0.15) is 0 Å². The van der Waals surface area contributed by atoms with Crippen LogP contribution in [0.15, 0.2) is 6.07 Å². The van der Waals surface area contributed by atoms with Crippen LogP contribution in [0, 0.1) is 18.3 Å². The van der Waals surface area contributed by atoms with Gasteiger partial charge in [-0.1, -0.05) is 27.7 Å². The summed E-state index contributed by atoms with van der Waals surface area (Å²) in [5, 5.41) is 0. The van der Waals surface area contributed by atoms with E-state index in [1.165, 1.54) is 29.8 Å². The molecule has 0 aliphatic heterocycles. The predicted molar refractivity (Wildman–Crippen MR) is 77.7 cm³/mol. The monoisotopic (exact) mass is 248 g/mol. The Morgan fingerprint density at radius 2 is 2.11 bits per heavy atom. The first-order valence-corrected chi connectivity index (χ1v) is 7.24. The maximum Gasteiger partial charge on any atom is 0.0318 e. The Morgan fingerprint density at radius 1 is 1.44 bits per heavy atom. The number of rotatable bonds is 3. The van der Waals surface area contributed by atoms with Crippen molar-refractivity contribution in [2.45, 2.75) is 66.5 Å². The maximum absolute atomic E-state index is 6.35. The van der Waals surface area contributed by atoms with Crippen LogP contribution in [0.25, 0.3) is 0 Å². The smallest absolute Gasteiger partial charge is 0.0318 e. The fraction of sp³-hybridized carbons (Fsp3) is 0.750. The molecule has 1 unspecified atom stereocenters. The van der Waals surface area contributed by atoms with Gasteiger partial charge in [-0.05, 0) is 49.1 Å². The molecule has 0 amide bonds. The van der Waals surface area contributed by atoms with Crippen molar-refractivity contribution in [1.29, 1.82) is 0 Å². The molecule has 0 saturated carbocycles. The van der Waals surface area contributed by atoms with E-state index >= 15 is 0 Å². The van der Waals surface area contributed by atoms with Crippen molar-refractivity contribution in [3.63, 3.8) is 0 Å². The van der Waals surface area contributed by atoms with Crippen molar-refractivity contribution in [2.75, 3.05) is 0 Å². The number of hydrogen-bond donors (Lipinski definition) is 1. The summed E-state index contributed by atoms with van der Waals surface area (Å²) in [4.78, 5) is 0. The molecule has 2 rings (SSSR count). The summed E-state index contributed by atoms with van der Waals surface area (Å²) in [6.45, 7) is 12.6. The molecule has 2 N–H and O–H groups in total. The predicted octanol–water partition coefficient (Wildman–Crippen LogP) is 3.81. The SMILES string of the molecule is Cc1cc2c(n1CCC(C)C)CC(C)(C)CC2N. The molecular weight excluding hydrogens is 220 g/mol. The first-order chi connectivity index (χ1) is 8.30. The quantitative estimate of drug-likeness (QED) is 0.866. The van der Waals surface area contributed by atoms with Crippen LogP contribution in [-0.2, 0) is 13.0 Å². The van der Waals surface area contributed by atoms with Crippen molar-refractivity contribution in [3.8, 4) is 0 Å². The number of aryl methyl sites for hydroxylation is 1. The molecule has 102 valence electrons. The van der Waals surface area contributed by atoms with Gasteiger partial charge in [0.1, 0.15) is 0 Å². The van der Waals surface area contributed by atoms with Crippen molar-refractivity contribution >= 4 is 0 Å². The summed E-state index contributed by atoms with van der Waals surface area (Å²) in [6, 6.07) is 2.54. The molecule has 1 aliphatic carbocycles. The Balaban J connectivity index is 2.32. The molecule has 1 aromatic rings. The third-order valence-electron chi connectivity index (χ3n) is 4.20. The van der Waals surface area contributed by atoms with Crippen LogP contribution in [0.1, 0.15) is 63.5 Å². The van der Waals surface area contributed by atoms with Crippen molar-refractivity contribution in [3.05, 3.63) is 23.0 Å². The third kappa shape index (κ3) is 2.64. The molecule has 0 bridgehead atoms. The molecule has 1 aromatic heterocycles. The van der Waals surface area contributed by atoms with E-state index in [9.17, 15) is 0 Å². The Morgan fingerprint density at radius 3 is 2.72 bits per heavy atom. The highest BCUT2D eigenvalue weighted by Gasteiger charge is 2.33. The second-order valence-electron chi connectivity index (χ2n) is 7.17. The van der Waals surface area contributed by atoms with Gasteiger partial charge in [-0.3, -0.25) is 0 Å². The topological polar surface area (TPSA) is 30.9 Å². The van der Waals surface area contributed by atoms with E-state index in [1.54, 1.807) is 0 Å². The lowest BCUT2D eigenvalue weighted by atomic mass is 9.74. The second kappa shape index (κ2) is 4.73. The van der Waals surface area contributed by atoms with Gasteiger partial charge in [0.2, 0.25) is 0 Å². The largest absolute Gasteiger partial charge is 0.349 e. The van der Waals surface area contributed by atoms with E-state index in [2.05, 4.69) is 45.3 Å². The second-order valence-corrected chi connectivity index (χ2v) is 7.17. The van der Waals surface area contributed by atoms with E-state index in [-0.39, 0.29) is 6.04 Å². The number of nitrogens with two attached hydrogens (primary N) is 1. The molecule has 0 radical (unpaired) electrons. The van der Waals surface area contributed by atoms with Gasteiger partial charge in [0, 0.05) is 24.0 Å². The zero-order valence-corrected chi connectivity index (χ0v) is 12.6. The number of aromatic nitrogens is 1. The lowest BCUT2D eigenvalue weighted by Crippen LogP contribution is -2.30. The van der Waals surface area contributed by atoms with Crippen LogP contribution in [0.5, 0.6) is 0 Å². The van der Waals surface area contributed by atoms with E-state index in [4.69, 9.17) is 5.73 Å². The molecule has 18 heavy (non-hydrogen) atoms. The molecule has 1 aliphatic rings. The van der Waals surface area contributed by atoms with Crippen LogP contribution < -0.4 is 5.73 Å². The van der Waals surface area contributed by atoms with E-state index in [0.29, 0.717) is 5.41 Å². The van der Waals surface area contributed by atoms with Crippen molar-refractivity contribution < 1.29 is 0 Å². The molecule has 1 atom stereocenters. The highest BCUT2D eigenvalue weighted by atomic mass is 15.0. The van der Waals surface area contributed by atoms with Gasteiger partial charge in [0.25, 0.3) is 0 Å². The molecule has 0 spiro atoms. The van der Waals surface area contributed by atoms with Gasteiger partial charge >= 0.3 is 0 Å². The van der Waals surface area contributed by atoms with Crippen molar-refractivity contribution in [1.82, 2.24) is 4.57 Å². The first kappa shape index (κ1) is 13.7. The summed E-state index contributed by atoms with van der Waals surface area (Å²) in [6.07, 6.45) is 3.52. The number of hydrogen-bond acceptors (Lipinski definition) is 1. The first-order valence-electron chi connectivity index (χ1n) is 7.24. The van der Waals surface area contributed by atoms with Crippen LogP contribution in [-0.4, -0.2) is 4.57 Å². The molecular formula is C16H28N2. The zero-order valence-electron chi connectivity index (χ0n) is 12.6. The third-order valence-corrected chi connectivity index (χ3v) is 4.20. The van der Waals surface area contributed by atoms with Crippen LogP contribution in [0.3, 0.4) is 0 Å². The number of fused-ring (bicyclic) bond motifs is 1. The Hall–Kier alpha value is -0.760. The summed E-state index contributed by atoms with van der Waals surface area (Å²) in [5.74, 6) is 0.757. The number of nitrogens with zero attached hydrogens (tertiary/aromatic N) is 1. The molecule has 0 saturated heterocycles. The minimum absolute atomic E-state index is 0.225. The fourth-order valence-corrected chi connectivity index (χ4v) is 3.20.